The second-order valence-corrected chi connectivity index (χ2v) is 8.34. The van der Waals surface area contributed by atoms with Gasteiger partial charge >= 0.3 is 6.03 Å². The van der Waals surface area contributed by atoms with Crippen LogP contribution < -0.4 is 5.43 Å². The Morgan fingerprint density at radius 3 is 2.75 bits per heavy atom. The van der Waals surface area contributed by atoms with Gasteiger partial charge in [-0.05, 0) is 70.3 Å². The van der Waals surface area contributed by atoms with Gasteiger partial charge in [-0.1, -0.05) is 25.5 Å². The minimum Gasteiger partial charge on any atom is -0.324 e. The standard InChI is InChI=1S/C23H34N4O/c1-5-10-19-18-15-21-16(12-9-14-25(21)4)17-11-8-13-20(22(17)18)27(19)24-23(28)26(6-2)7-3/h8,11,13,16,21H,5-7,9-10,12,14-15H2,1-4H3,(H,24,28)/t16-,21-/m1/s1. The van der Waals surface area contributed by atoms with E-state index in [2.05, 4.69) is 47.2 Å². The number of fused-ring (bicyclic) bond motifs is 2. The van der Waals surface area contributed by atoms with Gasteiger partial charge in [0.15, 0.2) is 0 Å². The van der Waals surface area contributed by atoms with Gasteiger partial charge in [0.25, 0.3) is 0 Å². The molecule has 1 N–H and O–H groups in total. The first-order valence-corrected chi connectivity index (χ1v) is 11.0. The van der Waals surface area contributed by atoms with Crippen molar-refractivity contribution in [3.05, 3.63) is 35.0 Å². The van der Waals surface area contributed by atoms with Crippen LogP contribution in [0, 0.1) is 0 Å². The third-order valence-electron chi connectivity index (χ3n) is 6.85. The fraction of sp³-hybridized carbons (Fsp3) is 0.609. The van der Waals surface area contributed by atoms with E-state index in [9.17, 15) is 4.79 Å². The maximum absolute atomic E-state index is 12.9. The molecule has 2 atom stereocenters. The first-order chi connectivity index (χ1) is 13.6. The molecule has 0 saturated carbocycles. The lowest BCUT2D eigenvalue weighted by Crippen LogP contribution is -2.44. The molecule has 0 radical (unpaired) electrons. The normalized spacial score (nSPS) is 21.6. The topological polar surface area (TPSA) is 40.5 Å². The number of urea groups is 1. The van der Waals surface area contributed by atoms with Gasteiger partial charge in [-0.15, -0.1) is 0 Å². The van der Waals surface area contributed by atoms with E-state index in [0.29, 0.717) is 12.0 Å². The number of piperidine rings is 1. The molecule has 1 aromatic carbocycles. The first-order valence-electron chi connectivity index (χ1n) is 11.0. The highest BCUT2D eigenvalue weighted by Gasteiger charge is 2.38. The van der Waals surface area contributed by atoms with Crippen molar-refractivity contribution in [2.45, 2.75) is 64.8 Å². The number of carbonyl (C=O) groups is 1. The summed E-state index contributed by atoms with van der Waals surface area (Å²) in [4.78, 5) is 17.3. The zero-order chi connectivity index (χ0) is 19.8. The number of hydrogen-bond acceptors (Lipinski definition) is 2. The minimum atomic E-state index is -0.00927. The first kappa shape index (κ1) is 19.3. The minimum absolute atomic E-state index is 0.00927. The van der Waals surface area contributed by atoms with Gasteiger partial charge in [0.1, 0.15) is 0 Å². The Morgan fingerprint density at radius 2 is 2.04 bits per heavy atom. The van der Waals surface area contributed by atoms with Crippen molar-refractivity contribution < 1.29 is 4.79 Å². The maximum Gasteiger partial charge on any atom is 0.336 e. The summed E-state index contributed by atoms with van der Waals surface area (Å²) < 4.78 is 2.11. The fourth-order valence-electron chi connectivity index (χ4n) is 5.43. The third-order valence-corrected chi connectivity index (χ3v) is 6.85. The smallest absolute Gasteiger partial charge is 0.324 e. The summed E-state index contributed by atoms with van der Waals surface area (Å²) in [5, 5.41) is 1.40. The fourth-order valence-corrected chi connectivity index (χ4v) is 5.43. The number of hydrogen-bond donors (Lipinski definition) is 1. The van der Waals surface area contributed by atoms with Gasteiger partial charge in [-0.2, -0.15) is 0 Å². The average Bonchev–Trinajstić information content (AvgIpc) is 2.98. The van der Waals surface area contributed by atoms with Crippen molar-refractivity contribution in [2.75, 3.05) is 32.1 Å². The number of likely N-dealkylation sites (N-methyl/N-ethyl adjacent to an activating group) is 1. The van der Waals surface area contributed by atoms with E-state index in [0.717, 1.165) is 32.4 Å². The molecule has 4 rings (SSSR count). The second-order valence-electron chi connectivity index (χ2n) is 8.34. The number of benzene rings is 1. The molecule has 2 aromatic rings. The van der Waals surface area contributed by atoms with E-state index in [1.165, 1.54) is 47.1 Å². The Hall–Kier alpha value is -2.01. The van der Waals surface area contributed by atoms with Crippen molar-refractivity contribution in [3.63, 3.8) is 0 Å². The molecule has 2 aliphatic rings. The Morgan fingerprint density at radius 1 is 1.25 bits per heavy atom. The molecule has 0 bridgehead atoms. The summed E-state index contributed by atoms with van der Waals surface area (Å²) in [6.07, 6.45) is 5.70. The molecule has 152 valence electrons. The van der Waals surface area contributed by atoms with Crippen LogP contribution >= 0.6 is 0 Å². The number of carbonyl (C=O) groups excluding carboxylic acids is 1. The van der Waals surface area contributed by atoms with Crippen molar-refractivity contribution in [3.8, 4) is 0 Å². The predicted octanol–water partition coefficient (Wildman–Crippen LogP) is 4.33. The summed E-state index contributed by atoms with van der Waals surface area (Å²) in [5.41, 5.74) is 8.65. The van der Waals surface area contributed by atoms with Gasteiger partial charge in [-0.25, -0.2) is 10.2 Å². The van der Waals surface area contributed by atoms with Crippen LogP contribution in [0.25, 0.3) is 10.9 Å². The predicted molar refractivity (Wildman–Crippen MR) is 116 cm³/mol. The van der Waals surface area contributed by atoms with Crippen molar-refractivity contribution in [2.24, 2.45) is 0 Å². The van der Waals surface area contributed by atoms with Gasteiger partial charge in [0.2, 0.25) is 0 Å². The Bertz CT molecular complexity index is 867. The van der Waals surface area contributed by atoms with E-state index in [-0.39, 0.29) is 6.03 Å². The maximum atomic E-state index is 12.9. The monoisotopic (exact) mass is 382 g/mol. The van der Waals surface area contributed by atoms with Crippen LogP contribution in [0.2, 0.25) is 0 Å². The van der Waals surface area contributed by atoms with Crippen LogP contribution in [-0.2, 0) is 12.8 Å². The molecule has 28 heavy (non-hydrogen) atoms. The second kappa shape index (κ2) is 7.78. The highest BCUT2D eigenvalue weighted by atomic mass is 16.2. The molecule has 5 nitrogen and oxygen atoms in total. The van der Waals surface area contributed by atoms with Crippen molar-refractivity contribution >= 4 is 16.9 Å². The van der Waals surface area contributed by atoms with Crippen LogP contribution in [0.4, 0.5) is 4.79 Å². The number of nitrogens with one attached hydrogen (secondary N) is 1. The summed E-state index contributed by atoms with van der Waals surface area (Å²) in [5.74, 6) is 0.610. The third kappa shape index (κ3) is 3.00. The zero-order valence-electron chi connectivity index (χ0n) is 17.8. The number of rotatable bonds is 5. The van der Waals surface area contributed by atoms with E-state index < -0.39 is 0 Å². The van der Waals surface area contributed by atoms with Crippen LogP contribution in [0.1, 0.15) is 62.8 Å². The lowest BCUT2D eigenvalue weighted by atomic mass is 9.74. The number of aromatic nitrogens is 1. The number of likely N-dealkylation sites (tertiary alicyclic amines) is 1. The molecule has 0 unspecified atom stereocenters. The zero-order valence-corrected chi connectivity index (χ0v) is 17.8. The molecular formula is C23H34N4O. The molecule has 1 aliphatic carbocycles. The Labute approximate surface area is 168 Å². The van der Waals surface area contributed by atoms with Crippen LogP contribution in [0.5, 0.6) is 0 Å². The summed E-state index contributed by atoms with van der Waals surface area (Å²) in [7, 11) is 2.28. The van der Waals surface area contributed by atoms with E-state index >= 15 is 0 Å². The van der Waals surface area contributed by atoms with Crippen LogP contribution in [0.3, 0.4) is 0 Å². The molecule has 1 aliphatic heterocycles. The molecular weight excluding hydrogens is 348 g/mol. The number of nitrogens with zero attached hydrogens (tertiary/aromatic N) is 3. The highest BCUT2D eigenvalue weighted by Crippen LogP contribution is 2.45. The SMILES string of the molecule is CCCc1c2c3c(cccc3n1NC(=O)N(CC)CC)[C@H]1CCCN(C)[C@@H]1C2. The molecule has 0 spiro atoms. The van der Waals surface area contributed by atoms with Gasteiger partial charge < -0.3 is 9.80 Å². The van der Waals surface area contributed by atoms with Gasteiger partial charge in [0, 0.05) is 36.1 Å². The van der Waals surface area contributed by atoms with E-state index in [4.69, 9.17) is 0 Å². The Kier molecular flexibility index (Phi) is 5.37. The molecule has 1 fully saturated rings. The largest absolute Gasteiger partial charge is 0.336 e. The molecule has 2 amide bonds. The quantitative estimate of drug-likeness (QED) is 0.836. The van der Waals surface area contributed by atoms with Gasteiger partial charge in [-0.3, -0.25) is 4.68 Å². The highest BCUT2D eigenvalue weighted by molar-refractivity contribution is 5.93. The van der Waals surface area contributed by atoms with Crippen LogP contribution in [-0.4, -0.2) is 53.2 Å². The van der Waals surface area contributed by atoms with Crippen LogP contribution in [0.15, 0.2) is 18.2 Å². The lowest BCUT2D eigenvalue weighted by molar-refractivity contribution is 0.157. The van der Waals surface area contributed by atoms with Crippen molar-refractivity contribution in [1.29, 1.82) is 0 Å². The molecule has 1 saturated heterocycles. The van der Waals surface area contributed by atoms with E-state index in [1.807, 2.05) is 18.7 Å². The summed E-state index contributed by atoms with van der Waals surface area (Å²) in [6.45, 7) is 8.91. The molecule has 2 heterocycles. The molecule has 5 heteroatoms. The van der Waals surface area contributed by atoms with Crippen molar-refractivity contribution in [1.82, 2.24) is 14.5 Å². The Balaban J connectivity index is 1.85. The van der Waals surface area contributed by atoms with Gasteiger partial charge in [0.05, 0.1) is 5.52 Å². The summed E-state index contributed by atoms with van der Waals surface area (Å²) in [6, 6.07) is 7.25. The average molecular weight is 383 g/mol. The number of amides is 2. The summed E-state index contributed by atoms with van der Waals surface area (Å²) >= 11 is 0. The molecule has 1 aromatic heterocycles. The lowest BCUT2D eigenvalue weighted by Gasteiger charge is -2.42. The van der Waals surface area contributed by atoms with E-state index in [1.54, 1.807) is 0 Å².